The third kappa shape index (κ3) is 4.23. The Bertz CT molecular complexity index is 198. The first-order valence-corrected chi connectivity index (χ1v) is 7.46. The largest absolute Gasteiger partial charge is 0.378 e. The van der Waals surface area contributed by atoms with Gasteiger partial charge in [-0.25, -0.2) is 0 Å². The number of piperidine rings is 1. The molecule has 0 aliphatic carbocycles. The molecule has 100 valence electrons. The van der Waals surface area contributed by atoms with Crippen molar-refractivity contribution in [3.63, 3.8) is 0 Å². The van der Waals surface area contributed by atoms with Crippen LogP contribution in [0.3, 0.4) is 0 Å². The summed E-state index contributed by atoms with van der Waals surface area (Å²) in [6.45, 7) is 8.15. The Morgan fingerprint density at radius 3 is 2.82 bits per heavy atom. The lowest BCUT2D eigenvalue weighted by molar-refractivity contribution is 0.0801. The van der Waals surface area contributed by atoms with Crippen LogP contribution >= 0.6 is 0 Å². The fraction of sp³-hybridized carbons (Fsp3) is 1.00. The smallest absolute Gasteiger partial charge is 0.0588 e. The molecule has 0 aromatic rings. The fourth-order valence-corrected chi connectivity index (χ4v) is 3.09. The maximum absolute atomic E-state index is 5.73. The second kappa shape index (κ2) is 7.34. The van der Waals surface area contributed by atoms with E-state index in [4.69, 9.17) is 4.74 Å². The molecular weight excluding hydrogens is 212 g/mol. The van der Waals surface area contributed by atoms with Gasteiger partial charge in [0.1, 0.15) is 0 Å². The quantitative estimate of drug-likeness (QED) is 0.769. The first-order chi connectivity index (χ1) is 8.40. The van der Waals surface area contributed by atoms with Crippen LogP contribution in [-0.2, 0) is 4.74 Å². The van der Waals surface area contributed by atoms with Crippen LogP contribution in [0.4, 0.5) is 0 Å². The zero-order chi connectivity index (χ0) is 11.9. The van der Waals surface area contributed by atoms with Gasteiger partial charge >= 0.3 is 0 Å². The van der Waals surface area contributed by atoms with E-state index in [0.717, 1.165) is 12.6 Å². The van der Waals surface area contributed by atoms with Crippen LogP contribution in [0, 0.1) is 0 Å². The third-order valence-corrected chi connectivity index (χ3v) is 4.06. The minimum Gasteiger partial charge on any atom is -0.378 e. The van der Waals surface area contributed by atoms with Crippen molar-refractivity contribution in [3.8, 4) is 0 Å². The van der Waals surface area contributed by atoms with Crippen molar-refractivity contribution < 1.29 is 4.74 Å². The van der Waals surface area contributed by atoms with Gasteiger partial charge in [0.05, 0.1) is 6.10 Å². The molecule has 3 nitrogen and oxygen atoms in total. The Morgan fingerprint density at radius 2 is 2.18 bits per heavy atom. The molecule has 0 radical (unpaired) electrons. The molecule has 2 unspecified atom stereocenters. The zero-order valence-electron chi connectivity index (χ0n) is 11.3. The van der Waals surface area contributed by atoms with Gasteiger partial charge in [0.25, 0.3) is 0 Å². The van der Waals surface area contributed by atoms with E-state index in [9.17, 15) is 0 Å². The van der Waals surface area contributed by atoms with E-state index >= 15 is 0 Å². The van der Waals surface area contributed by atoms with Gasteiger partial charge in [-0.15, -0.1) is 0 Å². The lowest BCUT2D eigenvalue weighted by Gasteiger charge is -2.35. The maximum atomic E-state index is 5.73. The number of hydrogen-bond donors (Lipinski definition) is 1. The van der Waals surface area contributed by atoms with Crippen molar-refractivity contribution in [2.24, 2.45) is 0 Å². The first kappa shape index (κ1) is 13.3. The van der Waals surface area contributed by atoms with Crippen molar-refractivity contribution in [3.05, 3.63) is 0 Å². The number of ether oxygens (including phenoxy) is 1. The highest BCUT2D eigenvalue weighted by atomic mass is 16.5. The molecule has 0 aromatic carbocycles. The summed E-state index contributed by atoms with van der Waals surface area (Å²) in [6.07, 6.45) is 8.31. The molecule has 0 spiro atoms. The highest BCUT2D eigenvalue weighted by molar-refractivity contribution is 4.79. The van der Waals surface area contributed by atoms with E-state index < -0.39 is 0 Å². The standard InChI is InChI=1S/C14H28N2O/c1-2-9-16(13-5-3-8-15-12-13)10-7-14-6-4-11-17-14/h13-15H,2-12H2,1H3. The van der Waals surface area contributed by atoms with E-state index in [1.807, 2.05) is 0 Å². The van der Waals surface area contributed by atoms with Crippen molar-refractivity contribution >= 4 is 0 Å². The topological polar surface area (TPSA) is 24.5 Å². The molecular formula is C14H28N2O. The number of rotatable bonds is 6. The molecule has 1 N–H and O–H groups in total. The van der Waals surface area contributed by atoms with E-state index in [-0.39, 0.29) is 0 Å². The fourth-order valence-electron chi connectivity index (χ4n) is 3.09. The summed E-state index contributed by atoms with van der Waals surface area (Å²) in [5.74, 6) is 0. The predicted molar refractivity (Wildman–Crippen MR) is 71.3 cm³/mol. The average Bonchev–Trinajstić information content (AvgIpc) is 2.88. The van der Waals surface area contributed by atoms with Crippen LogP contribution in [0.2, 0.25) is 0 Å². The highest BCUT2D eigenvalue weighted by Gasteiger charge is 2.22. The van der Waals surface area contributed by atoms with Crippen LogP contribution in [0.15, 0.2) is 0 Å². The Morgan fingerprint density at radius 1 is 1.24 bits per heavy atom. The summed E-state index contributed by atoms with van der Waals surface area (Å²) >= 11 is 0. The Labute approximate surface area is 106 Å². The SMILES string of the molecule is CCCN(CCC1CCCO1)C1CCCNC1. The third-order valence-electron chi connectivity index (χ3n) is 4.06. The van der Waals surface area contributed by atoms with Crippen LogP contribution in [-0.4, -0.2) is 49.8 Å². The molecule has 2 atom stereocenters. The van der Waals surface area contributed by atoms with Crippen molar-refractivity contribution in [2.45, 2.75) is 57.6 Å². The second-order valence-corrected chi connectivity index (χ2v) is 5.46. The Hall–Kier alpha value is -0.120. The predicted octanol–water partition coefficient (Wildman–Crippen LogP) is 2.02. The minimum absolute atomic E-state index is 0.547. The molecule has 0 aromatic heterocycles. The van der Waals surface area contributed by atoms with E-state index in [0.29, 0.717) is 6.10 Å². The molecule has 2 heterocycles. The van der Waals surface area contributed by atoms with Gasteiger partial charge in [0.2, 0.25) is 0 Å². The van der Waals surface area contributed by atoms with Crippen molar-refractivity contribution in [1.29, 1.82) is 0 Å². The van der Waals surface area contributed by atoms with Crippen LogP contribution < -0.4 is 5.32 Å². The van der Waals surface area contributed by atoms with Crippen LogP contribution in [0.1, 0.15) is 45.4 Å². The van der Waals surface area contributed by atoms with Crippen LogP contribution in [0.25, 0.3) is 0 Å². The van der Waals surface area contributed by atoms with Gasteiger partial charge in [0.15, 0.2) is 0 Å². The lowest BCUT2D eigenvalue weighted by Crippen LogP contribution is -2.47. The molecule has 2 rings (SSSR count). The number of hydrogen-bond acceptors (Lipinski definition) is 3. The summed E-state index contributed by atoms with van der Waals surface area (Å²) in [5, 5.41) is 3.53. The molecule has 0 bridgehead atoms. The monoisotopic (exact) mass is 240 g/mol. The lowest BCUT2D eigenvalue weighted by atomic mass is 10.0. The summed E-state index contributed by atoms with van der Waals surface area (Å²) in [6, 6.07) is 0.769. The summed E-state index contributed by atoms with van der Waals surface area (Å²) < 4.78 is 5.73. The molecule has 2 saturated heterocycles. The van der Waals surface area contributed by atoms with E-state index in [2.05, 4.69) is 17.1 Å². The van der Waals surface area contributed by atoms with Gasteiger partial charge in [0, 0.05) is 25.7 Å². The van der Waals surface area contributed by atoms with E-state index in [1.165, 1.54) is 64.7 Å². The maximum Gasteiger partial charge on any atom is 0.0588 e. The number of nitrogens with one attached hydrogen (secondary N) is 1. The molecule has 2 aliphatic rings. The van der Waals surface area contributed by atoms with Gasteiger partial charge in [-0.2, -0.15) is 0 Å². The molecule has 0 amide bonds. The average molecular weight is 240 g/mol. The van der Waals surface area contributed by atoms with Gasteiger partial charge in [-0.05, 0) is 51.6 Å². The number of nitrogens with zero attached hydrogens (tertiary/aromatic N) is 1. The van der Waals surface area contributed by atoms with Gasteiger partial charge < -0.3 is 10.1 Å². The van der Waals surface area contributed by atoms with Gasteiger partial charge in [-0.3, -0.25) is 4.90 Å². The van der Waals surface area contributed by atoms with Crippen LogP contribution in [0.5, 0.6) is 0 Å². The summed E-state index contributed by atoms with van der Waals surface area (Å²) in [7, 11) is 0. The van der Waals surface area contributed by atoms with Crippen molar-refractivity contribution in [2.75, 3.05) is 32.8 Å². The van der Waals surface area contributed by atoms with E-state index in [1.54, 1.807) is 0 Å². The summed E-state index contributed by atoms with van der Waals surface area (Å²) in [4.78, 5) is 2.69. The summed E-state index contributed by atoms with van der Waals surface area (Å²) in [5.41, 5.74) is 0. The Kier molecular flexibility index (Phi) is 5.75. The molecule has 3 heteroatoms. The molecule has 17 heavy (non-hydrogen) atoms. The van der Waals surface area contributed by atoms with Gasteiger partial charge in [-0.1, -0.05) is 6.92 Å². The van der Waals surface area contributed by atoms with Crippen molar-refractivity contribution in [1.82, 2.24) is 10.2 Å². The minimum atomic E-state index is 0.547. The first-order valence-electron chi connectivity index (χ1n) is 7.46. The molecule has 2 aliphatic heterocycles. The second-order valence-electron chi connectivity index (χ2n) is 5.46. The highest BCUT2D eigenvalue weighted by Crippen LogP contribution is 2.18. The molecule has 0 saturated carbocycles. The normalized spacial score (nSPS) is 30.0. The Balaban J connectivity index is 1.74. The molecule has 2 fully saturated rings. The zero-order valence-corrected chi connectivity index (χ0v) is 11.3.